The zero-order valence-electron chi connectivity index (χ0n) is 17.1. The van der Waals surface area contributed by atoms with E-state index in [0.29, 0.717) is 11.1 Å². The predicted octanol–water partition coefficient (Wildman–Crippen LogP) is 3.88. The van der Waals surface area contributed by atoms with Crippen LogP contribution >= 0.6 is 0 Å². The molecule has 0 heterocycles. The first kappa shape index (κ1) is 22.4. The summed E-state index contributed by atoms with van der Waals surface area (Å²) in [6.07, 6.45) is -1.19. The molecule has 3 aromatic carbocycles. The minimum atomic E-state index is -1.19. The number of amides is 1. The number of hydrogen-bond donors (Lipinski definition) is 1. The SMILES string of the molecule is C[C@H](NC(=O)c1cccc([N+](=O)[O-])c1)C(=O)OC(C(=O)c1ccccc1)c1ccccc1. The summed E-state index contributed by atoms with van der Waals surface area (Å²) in [5, 5.41) is 13.4. The van der Waals surface area contributed by atoms with Gasteiger partial charge in [-0.05, 0) is 13.0 Å². The number of hydrogen-bond acceptors (Lipinski definition) is 6. The average Bonchev–Trinajstić information content (AvgIpc) is 2.83. The molecule has 162 valence electrons. The first-order valence-corrected chi connectivity index (χ1v) is 9.77. The van der Waals surface area contributed by atoms with Crippen molar-refractivity contribution in [1.29, 1.82) is 0 Å². The molecule has 0 saturated heterocycles. The molecule has 0 aliphatic carbocycles. The van der Waals surface area contributed by atoms with Crippen LogP contribution in [0.2, 0.25) is 0 Å². The van der Waals surface area contributed by atoms with Gasteiger partial charge in [-0.2, -0.15) is 0 Å². The third-order valence-electron chi connectivity index (χ3n) is 4.65. The lowest BCUT2D eigenvalue weighted by molar-refractivity contribution is -0.384. The molecular weight excluding hydrogens is 412 g/mol. The van der Waals surface area contributed by atoms with Crippen LogP contribution < -0.4 is 5.32 Å². The predicted molar refractivity (Wildman–Crippen MR) is 116 cm³/mol. The summed E-state index contributed by atoms with van der Waals surface area (Å²) < 4.78 is 5.50. The highest BCUT2D eigenvalue weighted by atomic mass is 16.6. The molecule has 1 unspecified atom stereocenters. The lowest BCUT2D eigenvalue weighted by atomic mass is 10.00. The number of nitrogens with zero attached hydrogens (tertiary/aromatic N) is 1. The molecule has 0 fully saturated rings. The Hall–Kier alpha value is -4.33. The Balaban J connectivity index is 1.75. The summed E-state index contributed by atoms with van der Waals surface area (Å²) in [5.41, 5.74) is 0.652. The van der Waals surface area contributed by atoms with Crippen LogP contribution in [-0.2, 0) is 9.53 Å². The molecule has 3 aromatic rings. The molecule has 0 radical (unpaired) electrons. The molecule has 8 nitrogen and oxygen atoms in total. The van der Waals surface area contributed by atoms with Crippen LogP contribution in [0, 0.1) is 10.1 Å². The van der Waals surface area contributed by atoms with E-state index < -0.39 is 34.7 Å². The number of nitro groups is 1. The zero-order valence-corrected chi connectivity index (χ0v) is 17.1. The smallest absolute Gasteiger partial charge is 0.329 e. The van der Waals surface area contributed by atoms with E-state index in [4.69, 9.17) is 4.74 Å². The third-order valence-corrected chi connectivity index (χ3v) is 4.65. The van der Waals surface area contributed by atoms with Crippen molar-refractivity contribution < 1.29 is 24.0 Å². The molecule has 0 spiro atoms. The highest BCUT2D eigenvalue weighted by molar-refractivity contribution is 6.01. The molecule has 0 bridgehead atoms. The van der Waals surface area contributed by atoms with Gasteiger partial charge in [-0.15, -0.1) is 0 Å². The first-order chi connectivity index (χ1) is 15.4. The van der Waals surface area contributed by atoms with Gasteiger partial charge in [0.2, 0.25) is 5.78 Å². The van der Waals surface area contributed by atoms with E-state index in [9.17, 15) is 24.5 Å². The number of benzene rings is 3. The lowest BCUT2D eigenvalue weighted by Gasteiger charge is -2.20. The maximum Gasteiger partial charge on any atom is 0.329 e. The molecule has 1 amide bonds. The van der Waals surface area contributed by atoms with Crippen molar-refractivity contribution in [2.45, 2.75) is 19.1 Å². The van der Waals surface area contributed by atoms with Crippen LogP contribution in [0.3, 0.4) is 0 Å². The number of Topliss-reactive ketones (excluding diaryl/α,β-unsaturated/α-hetero) is 1. The zero-order chi connectivity index (χ0) is 23.1. The van der Waals surface area contributed by atoms with Gasteiger partial charge in [0.05, 0.1) is 4.92 Å². The summed E-state index contributed by atoms with van der Waals surface area (Å²) in [6.45, 7) is 1.41. The second-order valence-corrected chi connectivity index (χ2v) is 6.96. The van der Waals surface area contributed by atoms with E-state index in [1.54, 1.807) is 60.7 Å². The van der Waals surface area contributed by atoms with Gasteiger partial charge in [-0.25, -0.2) is 4.79 Å². The highest BCUT2D eigenvalue weighted by Crippen LogP contribution is 2.23. The summed E-state index contributed by atoms with van der Waals surface area (Å²) in [7, 11) is 0. The fourth-order valence-corrected chi connectivity index (χ4v) is 2.97. The number of carbonyl (C=O) groups excluding carboxylic acids is 3. The number of nitrogens with one attached hydrogen (secondary N) is 1. The van der Waals surface area contributed by atoms with E-state index in [1.807, 2.05) is 0 Å². The quantitative estimate of drug-likeness (QED) is 0.250. The fourth-order valence-electron chi connectivity index (χ4n) is 2.97. The normalized spacial score (nSPS) is 12.3. The monoisotopic (exact) mass is 432 g/mol. The Morgan fingerprint density at radius 1 is 0.875 bits per heavy atom. The van der Waals surface area contributed by atoms with Crippen LogP contribution in [0.4, 0.5) is 5.69 Å². The lowest BCUT2D eigenvalue weighted by Crippen LogP contribution is -2.40. The van der Waals surface area contributed by atoms with E-state index in [1.165, 1.54) is 25.1 Å². The van der Waals surface area contributed by atoms with Crippen LogP contribution in [0.25, 0.3) is 0 Å². The number of nitro benzene ring substituents is 1. The number of esters is 1. The Bertz CT molecular complexity index is 1130. The molecule has 0 saturated carbocycles. The van der Waals surface area contributed by atoms with Gasteiger partial charge >= 0.3 is 5.97 Å². The second kappa shape index (κ2) is 10.1. The Labute approximate surface area is 184 Å². The molecule has 0 aromatic heterocycles. The van der Waals surface area contributed by atoms with E-state index in [-0.39, 0.29) is 11.3 Å². The van der Waals surface area contributed by atoms with Crippen molar-refractivity contribution in [3.05, 3.63) is 112 Å². The second-order valence-electron chi connectivity index (χ2n) is 6.96. The minimum Gasteiger partial charge on any atom is -0.447 e. The van der Waals surface area contributed by atoms with Crippen molar-refractivity contribution in [1.82, 2.24) is 5.32 Å². The summed E-state index contributed by atoms with van der Waals surface area (Å²) >= 11 is 0. The van der Waals surface area contributed by atoms with Crippen molar-refractivity contribution in [3.8, 4) is 0 Å². The van der Waals surface area contributed by atoms with Gasteiger partial charge < -0.3 is 10.1 Å². The molecule has 3 rings (SSSR count). The Morgan fingerprint density at radius 2 is 1.47 bits per heavy atom. The summed E-state index contributed by atoms with van der Waals surface area (Å²) in [5.74, 6) is -1.90. The van der Waals surface area contributed by atoms with Crippen LogP contribution in [0.5, 0.6) is 0 Å². The van der Waals surface area contributed by atoms with E-state index in [2.05, 4.69) is 5.32 Å². The third kappa shape index (κ3) is 5.42. The average molecular weight is 432 g/mol. The number of ketones is 1. The van der Waals surface area contributed by atoms with Crippen molar-refractivity contribution in [2.75, 3.05) is 0 Å². The molecular formula is C24H20N2O6. The number of carbonyl (C=O) groups is 3. The van der Waals surface area contributed by atoms with Crippen LogP contribution in [-0.4, -0.2) is 28.6 Å². The Kier molecular flexibility index (Phi) is 7.07. The molecule has 0 aliphatic heterocycles. The largest absolute Gasteiger partial charge is 0.447 e. The molecule has 8 heteroatoms. The molecule has 1 N–H and O–H groups in total. The summed E-state index contributed by atoms with van der Waals surface area (Å²) in [6, 6.07) is 21.0. The number of rotatable bonds is 8. The van der Waals surface area contributed by atoms with Crippen LogP contribution in [0.1, 0.15) is 39.3 Å². The van der Waals surface area contributed by atoms with Gasteiger partial charge in [0.1, 0.15) is 6.04 Å². The summed E-state index contributed by atoms with van der Waals surface area (Å²) in [4.78, 5) is 48.5. The van der Waals surface area contributed by atoms with Crippen molar-refractivity contribution in [2.24, 2.45) is 0 Å². The molecule has 32 heavy (non-hydrogen) atoms. The highest BCUT2D eigenvalue weighted by Gasteiger charge is 2.29. The van der Waals surface area contributed by atoms with Gasteiger partial charge in [-0.1, -0.05) is 66.7 Å². The van der Waals surface area contributed by atoms with Gasteiger partial charge in [0.25, 0.3) is 11.6 Å². The van der Waals surface area contributed by atoms with E-state index >= 15 is 0 Å². The number of non-ortho nitro benzene ring substituents is 1. The molecule has 0 aliphatic rings. The standard InChI is InChI=1S/C24H20N2O6/c1-16(25-23(28)19-13-8-14-20(15-19)26(30)31)24(29)32-22(18-11-6-3-7-12-18)21(27)17-9-4-2-5-10-17/h2-16,22H,1H3,(H,25,28)/t16-,22?/m0/s1. The van der Waals surface area contributed by atoms with Crippen LogP contribution in [0.15, 0.2) is 84.9 Å². The minimum absolute atomic E-state index is 0.0267. The fraction of sp³-hybridized carbons (Fsp3) is 0.125. The van der Waals surface area contributed by atoms with Gasteiger partial charge in [0.15, 0.2) is 6.10 Å². The topological polar surface area (TPSA) is 116 Å². The van der Waals surface area contributed by atoms with Gasteiger partial charge in [-0.3, -0.25) is 19.7 Å². The van der Waals surface area contributed by atoms with E-state index in [0.717, 1.165) is 6.07 Å². The first-order valence-electron chi connectivity index (χ1n) is 9.77. The Morgan fingerprint density at radius 3 is 2.09 bits per heavy atom. The number of ether oxygens (including phenoxy) is 1. The maximum atomic E-state index is 13.0. The maximum absolute atomic E-state index is 13.0. The van der Waals surface area contributed by atoms with Gasteiger partial charge in [0, 0.05) is 28.8 Å². The molecule has 2 atom stereocenters. The van der Waals surface area contributed by atoms with Crippen molar-refractivity contribution in [3.63, 3.8) is 0 Å². The van der Waals surface area contributed by atoms with Crippen molar-refractivity contribution >= 4 is 23.3 Å².